The normalized spacial score (nSPS) is 36.8. The Hall–Kier alpha value is 0.190. The van der Waals surface area contributed by atoms with Gasteiger partial charge in [-0.1, -0.05) is 39.1 Å². The molecule has 0 aromatic heterocycles. The summed E-state index contributed by atoms with van der Waals surface area (Å²) in [6.07, 6.45) is 3.79. The molecule has 7 heteroatoms. The Morgan fingerprint density at radius 1 is 1.10 bits per heavy atom. The predicted molar refractivity (Wildman–Crippen MR) is 86.1 cm³/mol. The third-order valence-corrected chi connectivity index (χ3v) is 8.10. The number of rotatable bonds is 3. The zero-order valence-corrected chi connectivity index (χ0v) is 14.9. The van der Waals surface area contributed by atoms with Crippen LogP contribution in [-0.2, 0) is 10.0 Å². The van der Waals surface area contributed by atoms with E-state index in [2.05, 4.69) is 20.7 Å². The molecule has 2 bridgehead atoms. The molecule has 3 nitrogen and oxygen atoms in total. The van der Waals surface area contributed by atoms with Crippen molar-refractivity contribution in [3.63, 3.8) is 0 Å². The van der Waals surface area contributed by atoms with Crippen molar-refractivity contribution in [2.75, 3.05) is 0 Å². The Labute approximate surface area is 142 Å². The van der Waals surface area contributed by atoms with E-state index in [0.717, 1.165) is 0 Å². The van der Waals surface area contributed by atoms with Crippen LogP contribution in [-0.4, -0.2) is 14.5 Å². The van der Waals surface area contributed by atoms with E-state index >= 15 is 0 Å². The zero-order valence-electron chi connectivity index (χ0n) is 11.0. The summed E-state index contributed by atoms with van der Waals surface area (Å²) in [4.78, 5) is -0.00801. The summed E-state index contributed by atoms with van der Waals surface area (Å²) in [5, 5.41) is 0.298. The maximum Gasteiger partial charge on any atom is 0.243 e. The van der Waals surface area contributed by atoms with Crippen LogP contribution in [0, 0.1) is 23.7 Å². The second-order valence-electron chi connectivity index (χ2n) is 6.33. The number of benzene rings is 1. The van der Waals surface area contributed by atoms with Crippen molar-refractivity contribution in [1.29, 1.82) is 0 Å². The van der Waals surface area contributed by atoms with Crippen molar-refractivity contribution in [3.05, 3.63) is 26.7 Å². The van der Waals surface area contributed by atoms with E-state index in [1.165, 1.54) is 19.3 Å². The van der Waals surface area contributed by atoms with E-state index in [9.17, 15) is 8.42 Å². The summed E-state index contributed by atoms with van der Waals surface area (Å²) in [5.41, 5.74) is 0. The van der Waals surface area contributed by atoms with Crippen LogP contribution in [0.4, 0.5) is 0 Å². The number of nitrogens with one attached hydrogen (secondary N) is 1. The standard InChI is InChI=1S/C14H14BrCl2NO2S/c15-8-4-9(16)14(10(17)5-8)21(19,20)18-13-11-6-1-2-7(3-6)12(11)13/h4-7,11-13,18H,1-3H2. The van der Waals surface area contributed by atoms with Gasteiger partial charge in [-0.3, -0.25) is 0 Å². The molecule has 114 valence electrons. The summed E-state index contributed by atoms with van der Waals surface area (Å²) < 4.78 is 28.7. The lowest BCUT2D eigenvalue weighted by Gasteiger charge is -2.13. The van der Waals surface area contributed by atoms with Crippen LogP contribution in [0.25, 0.3) is 0 Å². The second kappa shape index (κ2) is 4.84. The zero-order chi connectivity index (χ0) is 14.9. The molecule has 3 fully saturated rings. The van der Waals surface area contributed by atoms with E-state index in [1.807, 2.05) is 0 Å². The Morgan fingerprint density at radius 2 is 1.62 bits per heavy atom. The summed E-state index contributed by atoms with van der Waals surface area (Å²) in [6, 6.07) is 3.19. The van der Waals surface area contributed by atoms with Crippen molar-refractivity contribution >= 4 is 49.2 Å². The molecule has 3 aliphatic carbocycles. The fourth-order valence-corrected chi connectivity index (χ4v) is 7.75. The van der Waals surface area contributed by atoms with Crippen molar-refractivity contribution in [3.8, 4) is 0 Å². The van der Waals surface area contributed by atoms with Crippen LogP contribution in [0.2, 0.25) is 10.0 Å². The van der Waals surface area contributed by atoms with Gasteiger partial charge in [0.05, 0.1) is 10.0 Å². The SMILES string of the molecule is O=S(=O)(NC1C2C3CCC(C3)C12)c1c(Cl)cc(Br)cc1Cl. The van der Waals surface area contributed by atoms with E-state index < -0.39 is 10.0 Å². The minimum absolute atomic E-state index is 0.00801. The van der Waals surface area contributed by atoms with Gasteiger partial charge in [-0.2, -0.15) is 0 Å². The second-order valence-corrected chi connectivity index (χ2v) is 9.71. The Kier molecular flexibility index (Phi) is 3.40. The molecule has 4 unspecified atom stereocenters. The highest BCUT2D eigenvalue weighted by Crippen LogP contribution is 2.65. The van der Waals surface area contributed by atoms with Crippen molar-refractivity contribution < 1.29 is 8.42 Å². The molecule has 0 heterocycles. The van der Waals surface area contributed by atoms with Crippen molar-refractivity contribution in [2.45, 2.75) is 30.2 Å². The van der Waals surface area contributed by atoms with Crippen LogP contribution in [0.15, 0.2) is 21.5 Å². The van der Waals surface area contributed by atoms with Gasteiger partial charge in [0.2, 0.25) is 10.0 Å². The number of hydrogen-bond acceptors (Lipinski definition) is 2. The topological polar surface area (TPSA) is 46.2 Å². The van der Waals surface area contributed by atoms with Crippen LogP contribution in [0.3, 0.4) is 0 Å². The fourth-order valence-electron chi connectivity index (χ4n) is 4.51. The van der Waals surface area contributed by atoms with Gasteiger partial charge in [0.25, 0.3) is 0 Å². The lowest BCUT2D eigenvalue weighted by atomic mass is 10.0. The third kappa shape index (κ3) is 2.27. The van der Waals surface area contributed by atoms with Crippen molar-refractivity contribution in [2.24, 2.45) is 23.7 Å². The average Bonchev–Trinajstić information content (AvgIpc) is 2.77. The molecule has 1 aromatic carbocycles. The van der Waals surface area contributed by atoms with Crippen LogP contribution in [0.5, 0.6) is 0 Å². The molecule has 4 rings (SSSR count). The molecule has 0 aliphatic heterocycles. The van der Waals surface area contributed by atoms with E-state index in [1.54, 1.807) is 12.1 Å². The number of fused-ring (bicyclic) bond motifs is 5. The number of halogens is 3. The highest BCUT2D eigenvalue weighted by Gasteiger charge is 2.65. The van der Waals surface area contributed by atoms with Gasteiger partial charge < -0.3 is 0 Å². The molecule has 0 amide bonds. The first kappa shape index (κ1) is 14.8. The molecule has 4 atom stereocenters. The average molecular weight is 411 g/mol. The monoisotopic (exact) mass is 409 g/mol. The Morgan fingerprint density at radius 3 is 2.14 bits per heavy atom. The lowest BCUT2D eigenvalue weighted by Crippen LogP contribution is -2.30. The molecule has 1 N–H and O–H groups in total. The first-order valence-corrected chi connectivity index (χ1v) is 10.1. The Bertz CT molecular complexity index is 685. The molecular formula is C14H14BrCl2NO2S. The lowest BCUT2D eigenvalue weighted by molar-refractivity contribution is 0.456. The minimum Gasteiger partial charge on any atom is -0.207 e. The summed E-state index contributed by atoms with van der Waals surface area (Å²) in [7, 11) is -3.67. The van der Waals surface area contributed by atoms with Gasteiger partial charge in [-0.05, 0) is 55.1 Å². The van der Waals surface area contributed by atoms with Crippen molar-refractivity contribution in [1.82, 2.24) is 4.72 Å². The molecular weight excluding hydrogens is 397 g/mol. The van der Waals surface area contributed by atoms with Gasteiger partial charge in [0.1, 0.15) is 4.90 Å². The molecule has 1 aromatic rings. The van der Waals surface area contributed by atoms with Gasteiger partial charge in [-0.25, -0.2) is 13.1 Å². The van der Waals surface area contributed by atoms with E-state index in [-0.39, 0.29) is 21.0 Å². The van der Waals surface area contributed by atoms with Crippen LogP contribution in [0.1, 0.15) is 19.3 Å². The Balaban J connectivity index is 1.61. The molecule has 3 saturated carbocycles. The predicted octanol–water partition coefficient (Wildman–Crippen LogP) is 4.08. The highest BCUT2D eigenvalue weighted by molar-refractivity contribution is 9.10. The maximum atomic E-state index is 12.6. The quantitative estimate of drug-likeness (QED) is 0.815. The molecule has 21 heavy (non-hydrogen) atoms. The molecule has 3 aliphatic rings. The molecule has 0 spiro atoms. The van der Waals surface area contributed by atoms with Gasteiger partial charge in [0, 0.05) is 10.5 Å². The third-order valence-electron chi connectivity index (χ3n) is 5.26. The van der Waals surface area contributed by atoms with E-state index in [0.29, 0.717) is 28.1 Å². The molecule has 0 saturated heterocycles. The maximum absolute atomic E-state index is 12.6. The summed E-state index contributed by atoms with van der Waals surface area (Å²) in [5.74, 6) is 2.49. The van der Waals surface area contributed by atoms with Gasteiger partial charge >= 0.3 is 0 Å². The number of sulfonamides is 1. The van der Waals surface area contributed by atoms with Gasteiger partial charge in [-0.15, -0.1) is 0 Å². The first-order chi connectivity index (χ1) is 9.88. The first-order valence-electron chi connectivity index (χ1n) is 7.05. The fraction of sp³-hybridized carbons (Fsp3) is 0.571. The van der Waals surface area contributed by atoms with Crippen LogP contribution < -0.4 is 4.72 Å². The molecule has 0 radical (unpaired) electrons. The summed E-state index contributed by atoms with van der Waals surface area (Å²) in [6.45, 7) is 0. The number of hydrogen-bond donors (Lipinski definition) is 1. The largest absolute Gasteiger partial charge is 0.243 e. The minimum atomic E-state index is -3.67. The van der Waals surface area contributed by atoms with Crippen LogP contribution >= 0.6 is 39.1 Å². The smallest absolute Gasteiger partial charge is 0.207 e. The summed E-state index contributed by atoms with van der Waals surface area (Å²) >= 11 is 15.4. The van der Waals surface area contributed by atoms with E-state index in [4.69, 9.17) is 23.2 Å². The van der Waals surface area contributed by atoms with Gasteiger partial charge in [0.15, 0.2) is 0 Å². The highest BCUT2D eigenvalue weighted by atomic mass is 79.9.